The molecule has 0 aliphatic rings. The van der Waals surface area contributed by atoms with Crippen molar-refractivity contribution in [2.45, 2.75) is 13.0 Å². The third-order valence-corrected chi connectivity index (χ3v) is 3.29. The highest BCUT2D eigenvalue weighted by Crippen LogP contribution is 2.22. The lowest BCUT2D eigenvalue weighted by Gasteiger charge is -2.15. The van der Waals surface area contributed by atoms with Gasteiger partial charge in [-0.05, 0) is 18.6 Å². The van der Waals surface area contributed by atoms with Crippen LogP contribution in [-0.4, -0.2) is 32.7 Å². The van der Waals surface area contributed by atoms with E-state index in [1.54, 1.807) is 7.11 Å². The summed E-state index contributed by atoms with van der Waals surface area (Å²) < 4.78 is 5.91. The van der Waals surface area contributed by atoms with Crippen LogP contribution in [0, 0.1) is 0 Å². The van der Waals surface area contributed by atoms with Gasteiger partial charge in [0.1, 0.15) is 0 Å². The molecule has 1 aromatic rings. The van der Waals surface area contributed by atoms with Gasteiger partial charge in [0.15, 0.2) is 0 Å². The number of carbonyl (C=O) groups is 1. The zero-order valence-electron chi connectivity index (χ0n) is 10.7. The van der Waals surface area contributed by atoms with E-state index in [1.807, 2.05) is 31.2 Å². The highest BCUT2D eigenvalue weighted by atomic mass is 79.9. The minimum atomic E-state index is -0.0223. The molecule has 0 heterocycles. The first kappa shape index (κ1) is 15.1. The van der Waals surface area contributed by atoms with E-state index in [1.165, 1.54) is 0 Å². The van der Waals surface area contributed by atoms with Crippen LogP contribution in [0.4, 0.5) is 0 Å². The zero-order chi connectivity index (χ0) is 13.4. The van der Waals surface area contributed by atoms with Crippen LogP contribution >= 0.6 is 15.9 Å². The molecule has 1 rings (SSSR count). The second-order valence-corrected chi connectivity index (χ2v) is 4.82. The van der Waals surface area contributed by atoms with Gasteiger partial charge >= 0.3 is 0 Å². The number of amides is 1. The Morgan fingerprint density at radius 3 is 2.83 bits per heavy atom. The summed E-state index contributed by atoms with van der Waals surface area (Å²) in [5, 5.41) is 5.95. The van der Waals surface area contributed by atoms with E-state index < -0.39 is 0 Å². The van der Waals surface area contributed by atoms with Crippen LogP contribution in [0.1, 0.15) is 18.5 Å². The predicted molar refractivity (Wildman–Crippen MR) is 75.4 cm³/mol. The molecular formula is C13H19BrN2O2. The molecule has 100 valence electrons. The van der Waals surface area contributed by atoms with Gasteiger partial charge in [0.2, 0.25) is 5.91 Å². The van der Waals surface area contributed by atoms with Gasteiger partial charge in [-0.1, -0.05) is 34.1 Å². The average Bonchev–Trinajstić information content (AvgIpc) is 2.37. The first-order valence-electron chi connectivity index (χ1n) is 5.88. The van der Waals surface area contributed by atoms with Gasteiger partial charge in [-0.15, -0.1) is 0 Å². The largest absolute Gasteiger partial charge is 0.383 e. The minimum absolute atomic E-state index is 0.0223. The van der Waals surface area contributed by atoms with Gasteiger partial charge in [-0.2, -0.15) is 0 Å². The molecule has 0 radical (unpaired) electrons. The summed E-state index contributed by atoms with van der Waals surface area (Å²) in [6.45, 7) is 3.40. The van der Waals surface area contributed by atoms with Crippen LogP contribution in [0.15, 0.2) is 28.7 Å². The van der Waals surface area contributed by atoms with Gasteiger partial charge in [-0.25, -0.2) is 0 Å². The maximum Gasteiger partial charge on any atom is 0.234 e. The Bertz CT molecular complexity index is 385. The first-order valence-corrected chi connectivity index (χ1v) is 6.68. The normalized spacial score (nSPS) is 12.2. The molecule has 1 aromatic carbocycles. The topological polar surface area (TPSA) is 50.4 Å². The number of ether oxygens (including phenoxy) is 1. The van der Waals surface area contributed by atoms with Gasteiger partial charge in [-0.3, -0.25) is 4.79 Å². The van der Waals surface area contributed by atoms with Gasteiger partial charge < -0.3 is 15.4 Å². The fraction of sp³-hybridized carbons (Fsp3) is 0.462. The van der Waals surface area contributed by atoms with Crippen molar-refractivity contribution in [2.75, 3.05) is 26.8 Å². The van der Waals surface area contributed by atoms with Crippen LogP contribution in [0.5, 0.6) is 0 Å². The maximum absolute atomic E-state index is 11.5. The Hall–Kier alpha value is -0.910. The summed E-state index contributed by atoms with van der Waals surface area (Å²) in [4.78, 5) is 11.5. The first-order chi connectivity index (χ1) is 8.65. The molecule has 0 saturated carbocycles. The Labute approximate surface area is 116 Å². The molecule has 0 bridgehead atoms. The van der Waals surface area contributed by atoms with Crippen molar-refractivity contribution in [3.8, 4) is 0 Å². The summed E-state index contributed by atoms with van der Waals surface area (Å²) in [6, 6.07) is 8.10. The minimum Gasteiger partial charge on any atom is -0.383 e. The van der Waals surface area contributed by atoms with Gasteiger partial charge in [0, 0.05) is 24.2 Å². The molecule has 0 spiro atoms. The van der Waals surface area contributed by atoms with E-state index in [2.05, 4.69) is 26.6 Å². The monoisotopic (exact) mass is 314 g/mol. The van der Waals surface area contributed by atoms with Gasteiger partial charge in [0.25, 0.3) is 0 Å². The number of hydrogen-bond acceptors (Lipinski definition) is 3. The van der Waals surface area contributed by atoms with Gasteiger partial charge in [0.05, 0.1) is 13.2 Å². The van der Waals surface area contributed by atoms with E-state index in [0.29, 0.717) is 19.7 Å². The van der Waals surface area contributed by atoms with E-state index in [-0.39, 0.29) is 11.9 Å². The summed E-state index contributed by atoms with van der Waals surface area (Å²) >= 11 is 3.50. The fourth-order valence-electron chi connectivity index (χ4n) is 1.54. The van der Waals surface area contributed by atoms with Crippen LogP contribution in [0.2, 0.25) is 0 Å². The molecule has 0 aliphatic heterocycles. The third-order valence-electron chi connectivity index (χ3n) is 2.57. The summed E-state index contributed by atoms with van der Waals surface area (Å²) in [5.74, 6) is -0.0223. The third kappa shape index (κ3) is 5.16. The predicted octanol–water partition coefficient (Wildman–Crippen LogP) is 1.86. The number of rotatable bonds is 7. The van der Waals surface area contributed by atoms with Crippen molar-refractivity contribution in [3.05, 3.63) is 34.3 Å². The number of methoxy groups -OCH3 is 1. The maximum atomic E-state index is 11.5. The van der Waals surface area contributed by atoms with Crippen molar-refractivity contribution >= 4 is 21.8 Å². The van der Waals surface area contributed by atoms with Crippen LogP contribution in [0.3, 0.4) is 0 Å². The number of halogens is 1. The molecule has 2 N–H and O–H groups in total. The van der Waals surface area contributed by atoms with Crippen LogP contribution in [0.25, 0.3) is 0 Å². The lowest BCUT2D eigenvalue weighted by molar-refractivity contribution is -0.120. The lowest BCUT2D eigenvalue weighted by Crippen LogP contribution is -2.36. The Kier molecular flexibility index (Phi) is 6.93. The molecule has 5 heteroatoms. The van der Waals surface area contributed by atoms with Crippen molar-refractivity contribution in [1.29, 1.82) is 0 Å². The summed E-state index contributed by atoms with van der Waals surface area (Å²) in [6.07, 6.45) is 0. The molecule has 0 unspecified atom stereocenters. The molecule has 1 amide bonds. The Morgan fingerprint density at radius 2 is 2.17 bits per heavy atom. The molecular weight excluding hydrogens is 296 g/mol. The fourth-order valence-corrected chi connectivity index (χ4v) is 2.17. The van der Waals surface area contributed by atoms with E-state index in [9.17, 15) is 4.79 Å². The highest BCUT2D eigenvalue weighted by molar-refractivity contribution is 9.10. The Balaban J connectivity index is 2.35. The second kappa shape index (κ2) is 8.24. The number of hydrogen-bond donors (Lipinski definition) is 2. The van der Waals surface area contributed by atoms with Crippen molar-refractivity contribution < 1.29 is 9.53 Å². The number of nitrogens with one attached hydrogen (secondary N) is 2. The molecule has 0 aliphatic carbocycles. The number of benzene rings is 1. The van der Waals surface area contributed by atoms with Crippen molar-refractivity contribution in [2.24, 2.45) is 0 Å². The quantitative estimate of drug-likeness (QED) is 0.755. The van der Waals surface area contributed by atoms with Crippen LogP contribution in [-0.2, 0) is 9.53 Å². The SMILES string of the molecule is COCCNC(=O)CN[C@H](C)c1ccccc1Br. The second-order valence-electron chi connectivity index (χ2n) is 3.97. The summed E-state index contributed by atoms with van der Waals surface area (Å²) in [7, 11) is 1.61. The highest BCUT2D eigenvalue weighted by Gasteiger charge is 2.09. The lowest BCUT2D eigenvalue weighted by atomic mass is 10.1. The zero-order valence-corrected chi connectivity index (χ0v) is 12.3. The molecule has 0 fully saturated rings. The molecule has 1 atom stereocenters. The molecule has 0 aromatic heterocycles. The Morgan fingerprint density at radius 1 is 1.44 bits per heavy atom. The standard InChI is InChI=1S/C13H19BrN2O2/c1-10(11-5-3-4-6-12(11)14)16-9-13(17)15-7-8-18-2/h3-6,10,16H,7-9H2,1-2H3,(H,15,17)/t10-/m1/s1. The van der Waals surface area contributed by atoms with Crippen molar-refractivity contribution in [1.82, 2.24) is 10.6 Å². The van der Waals surface area contributed by atoms with E-state index in [4.69, 9.17) is 4.74 Å². The smallest absolute Gasteiger partial charge is 0.234 e. The molecule has 0 saturated heterocycles. The summed E-state index contributed by atoms with van der Waals surface area (Å²) in [5.41, 5.74) is 1.14. The van der Waals surface area contributed by atoms with Crippen molar-refractivity contribution in [3.63, 3.8) is 0 Å². The molecule has 4 nitrogen and oxygen atoms in total. The average molecular weight is 315 g/mol. The van der Waals surface area contributed by atoms with E-state index in [0.717, 1.165) is 10.0 Å². The van der Waals surface area contributed by atoms with E-state index >= 15 is 0 Å². The molecule has 18 heavy (non-hydrogen) atoms. The number of carbonyl (C=O) groups excluding carboxylic acids is 1. The van der Waals surface area contributed by atoms with Crippen LogP contribution < -0.4 is 10.6 Å².